The zero-order valence-electron chi connectivity index (χ0n) is 8.92. The predicted molar refractivity (Wildman–Crippen MR) is 63.6 cm³/mol. The Balaban J connectivity index is 2.59. The van der Waals surface area contributed by atoms with Crippen LogP contribution in [0, 0.1) is 0 Å². The van der Waals surface area contributed by atoms with Crippen molar-refractivity contribution < 1.29 is 14.8 Å². The van der Waals surface area contributed by atoms with Crippen molar-refractivity contribution in [3.63, 3.8) is 0 Å². The summed E-state index contributed by atoms with van der Waals surface area (Å²) in [6.45, 7) is 0.546. The number of nitrogens with two attached hydrogens (primary N) is 1. The molecule has 0 aliphatic rings. The number of hydrogen-bond donors (Lipinski definition) is 2. The van der Waals surface area contributed by atoms with Gasteiger partial charge in [-0.25, -0.2) is 5.90 Å². The Bertz CT molecular complexity index is 358. The van der Waals surface area contributed by atoms with Crippen molar-refractivity contribution in [2.24, 2.45) is 11.1 Å². The smallest absolute Gasteiger partial charge is 0.142 e. The average Bonchev–Trinajstić information content (AvgIpc) is 2.31. The van der Waals surface area contributed by atoms with Crippen LogP contribution in [-0.2, 0) is 9.68 Å². The first kappa shape index (κ1) is 12.8. The zero-order chi connectivity index (χ0) is 11.8. The summed E-state index contributed by atoms with van der Waals surface area (Å²) in [5.74, 6) is 5.02. The van der Waals surface area contributed by atoms with E-state index in [2.05, 4.69) is 9.99 Å². The molecule has 1 aromatic rings. The van der Waals surface area contributed by atoms with Gasteiger partial charge in [0.1, 0.15) is 19.0 Å². The molecule has 0 radical (unpaired) electrons. The van der Waals surface area contributed by atoms with Crippen molar-refractivity contribution in [2.45, 2.75) is 4.90 Å². The lowest BCUT2D eigenvalue weighted by molar-refractivity contribution is 0.0515. The molecule has 1 aromatic carbocycles. The molecule has 0 amide bonds. The standard InChI is InChI=1S/C10H14N2O3S/c1-16-9-4-2-3-8(10(9)13)7-12-15-6-5-14-11/h2-4,7,13H,5-6,11H2,1H3/b12-7+. The van der Waals surface area contributed by atoms with Crippen molar-refractivity contribution in [3.8, 4) is 5.75 Å². The molecule has 0 aliphatic carbocycles. The van der Waals surface area contributed by atoms with Crippen LogP contribution in [0.1, 0.15) is 5.56 Å². The van der Waals surface area contributed by atoms with Gasteiger partial charge in [-0.1, -0.05) is 11.2 Å². The molecule has 0 aliphatic heterocycles. The first-order chi connectivity index (χ1) is 7.79. The molecule has 0 saturated heterocycles. The Labute approximate surface area is 98.2 Å². The van der Waals surface area contributed by atoms with Crippen molar-refractivity contribution in [1.82, 2.24) is 0 Å². The summed E-state index contributed by atoms with van der Waals surface area (Å²) in [5.41, 5.74) is 0.612. The molecule has 0 fully saturated rings. The van der Waals surface area contributed by atoms with E-state index in [1.807, 2.05) is 18.4 Å². The molecule has 0 aromatic heterocycles. The van der Waals surface area contributed by atoms with E-state index in [0.717, 1.165) is 4.90 Å². The van der Waals surface area contributed by atoms with Crippen LogP contribution in [0.4, 0.5) is 0 Å². The number of para-hydroxylation sites is 1. The number of thioether (sulfide) groups is 1. The largest absolute Gasteiger partial charge is 0.506 e. The van der Waals surface area contributed by atoms with Gasteiger partial charge >= 0.3 is 0 Å². The molecule has 88 valence electrons. The predicted octanol–water partition coefficient (Wildman–Crippen LogP) is 1.35. The quantitative estimate of drug-likeness (QED) is 0.341. The Morgan fingerprint density at radius 1 is 1.50 bits per heavy atom. The number of aromatic hydroxyl groups is 1. The van der Waals surface area contributed by atoms with Crippen LogP contribution in [0.15, 0.2) is 28.3 Å². The van der Waals surface area contributed by atoms with Crippen LogP contribution in [0.25, 0.3) is 0 Å². The second-order valence-electron chi connectivity index (χ2n) is 2.84. The third-order valence-electron chi connectivity index (χ3n) is 1.81. The summed E-state index contributed by atoms with van der Waals surface area (Å²) in [6, 6.07) is 5.43. The van der Waals surface area contributed by atoms with Crippen LogP contribution >= 0.6 is 11.8 Å². The molecule has 0 bridgehead atoms. The van der Waals surface area contributed by atoms with Gasteiger partial charge in [0.05, 0.1) is 6.21 Å². The molecule has 0 heterocycles. The zero-order valence-corrected chi connectivity index (χ0v) is 9.74. The van der Waals surface area contributed by atoms with E-state index in [0.29, 0.717) is 5.56 Å². The molecule has 1 rings (SSSR count). The Morgan fingerprint density at radius 3 is 3.00 bits per heavy atom. The molecule has 0 unspecified atom stereocenters. The number of oxime groups is 1. The summed E-state index contributed by atoms with van der Waals surface area (Å²) < 4.78 is 0. The number of benzene rings is 1. The number of rotatable bonds is 6. The highest BCUT2D eigenvalue weighted by Crippen LogP contribution is 2.28. The van der Waals surface area contributed by atoms with Gasteiger partial charge in [0.25, 0.3) is 0 Å². The van der Waals surface area contributed by atoms with Crippen LogP contribution in [0.5, 0.6) is 5.75 Å². The number of phenols is 1. The highest BCUT2D eigenvalue weighted by Gasteiger charge is 2.03. The van der Waals surface area contributed by atoms with Gasteiger partial charge in [-0.15, -0.1) is 11.8 Å². The third kappa shape index (κ3) is 3.73. The molecule has 0 spiro atoms. The average molecular weight is 242 g/mol. The minimum absolute atomic E-state index is 0.206. The number of phenolic OH excluding ortho intramolecular Hbond substituents is 1. The van der Waals surface area contributed by atoms with E-state index < -0.39 is 0 Å². The van der Waals surface area contributed by atoms with E-state index in [4.69, 9.17) is 10.7 Å². The molecular weight excluding hydrogens is 228 g/mol. The number of nitrogens with zero attached hydrogens (tertiary/aromatic N) is 1. The normalized spacial score (nSPS) is 10.9. The van der Waals surface area contributed by atoms with Gasteiger partial charge in [-0.3, -0.25) is 0 Å². The highest BCUT2D eigenvalue weighted by molar-refractivity contribution is 7.98. The summed E-state index contributed by atoms with van der Waals surface area (Å²) in [5, 5.41) is 13.5. The number of hydrogen-bond acceptors (Lipinski definition) is 6. The lowest BCUT2D eigenvalue weighted by atomic mass is 10.2. The van der Waals surface area contributed by atoms with Crippen LogP contribution in [0.2, 0.25) is 0 Å². The fourth-order valence-corrected chi connectivity index (χ4v) is 1.57. The molecule has 6 heteroatoms. The second kappa shape index (κ2) is 7.10. The summed E-state index contributed by atoms with van der Waals surface area (Å²) >= 11 is 1.47. The van der Waals surface area contributed by atoms with Crippen molar-refractivity contribution in [2.75, 3.05) is 19.5 Å². The summed E-state index contributed by atoms with van der Waals surface area (Å²) in [6.07, 6.45) is 3.34. The van der Waals surface area contributed by atoms with Crippen LogP contribution < -0.4 is 5.90 Å². The third-order valence-corrected chi connectivity index (χ3v) is 2.58. The van der Waals surface area contributed by atoms with Crippen LogP contribution in [-0.4, -0.2) is 30.8 Å². The second-order valence-corrected chi connectivity index (χ2v) is 3.68. The summed E-state index contributed by atoms with van der Waals surface area (Å²) in [4.78, 5) is 9.96. The molecule has 3 N–H and O–H groups in total. The fraction of sp³-hybridized carbons (Fsp3) is 0.300. The molecular formula is C10H14N2O3S. The fourth-order valence-electron chi connectivity index (χ4n) is 1.04. The van der Waals surface area contributed by atoms with E-state index >= 15 is 0 Å². The summed E-state index contributed by atoms with van der Waals surface area (Å²) in [7, 11) is 0. The monoisotopic (exact) mass is 242 g/mol. The first-order valence-electron chi connectivity index (χ1n) is 4.62. The first-order valence-corrected chi connectivity index (χ1v) is 5.85. The van der Waals surface area contributed by atoms with Gasteiger partial charge in [-0.2, -0.15) is 0 Å². The minimum atomic E-state index is 0.206. The van der Waals surface area contributed by atoms with Gasteiger partial charge in [-0.05, 0) is 18.4 Å². The lowest BCUT2D eigenvalue weighted by Gasteiger charge is -2.03. The molecule has 16 heavy (non-hydrogen) atoms. The van der Waals surface area contributed by atoms with E-state index in [1.54, 1.807) is 6.07 Å². The van der Waals surface area contributed by atoms with Gasteiger partial charge in [0.2, 0.25) is 0 Å². The van der Waals surface area contributed by atoms with Gasteiger partial charge < -0.3 is 14.8 Å². The Kier molecular flexibility index (Phi) is 5.69. The van der Waals surface area contributed by atoms with Crippen molar-refractivity contribution in [3.05, 3.63) is 23.8 Å². The minimum Gasteiger partial charge on any atom is -0.506 e. The van der Waals surface area contributed by atoms with E-state index in [-0.39, 0.29) is 19.0 Å². The van der Waals surface area contributed by atoms with E-state index in [1.165, 1.54) is 18.0 Å². The highest BCUT2D eigenvalue weighted by atomic mass is 32.2. The van der Waals surface area contributed by atoms with Gasteiger partial charge in [0.15, 0.2) is 0 Å². The Hall–Kier alpha value is -1.24. The molecule has 0 saturated carbocycles. The topological polar surface area (TPSA) is 77.1 Å². The van der Waals surface area contributed by atoms with Crippen LogP contribution in [0.3, 0.4) is 0 Å². The maximum Gasteiger partial charge on any atom is 0.142 e. The van der Waals surface area contributed by atoms with Crippen molar-refractivity contribution >= 4 is 18.0 Å². The lowest BCUT2D eigenvalue weighted by Crippen LogP contribution is -2.05. The van der Waals surface area contributed by atoms with E-state index in [9.17, 15) is 5.11 Å². The van der Waals surface area contributed by atoms with Crippen molar-refractivity contribution in [1.29, 1.82) is 0 Å². The molecule has 5 nitrogen and oxygen atoms in total. The maximum absolute atomic E-state index is 9.78. The maximum atomic E-state index is 9.78. The SMILES string of the molecule is CSc1cccc(/C=N/OCCON)c1O. The Morgan fingerprint density at radius 2 is 2.31 bits per heavy atom. The molecule has 0 atom stereocenters. The van der Waals surface area contributed by atoms with Gasteiger partial charge in [0, 0.05) is 10.5 Å².